The Labute approximate surface area is 124 Å². The second-order valence-corrected chi connectivity index (χ2v) is 4.88. The summed E-state index contributed by atoms with van der Waals surface area (Å²) in [6.45, 7) is 1.60. The van der Waals surface area contributed by atoms with Crippen molar-refractivity contribution < 1.29 is 17.9 Å². The summed E-state index contributed by atoms with van der Waals surface area (Å²) >= 11 is 6.01. The van der Waals surface area contributed by atoms with Crippen molar-refractivity contribution >= 4 is 17.3 Å². The third-order valence-electron chi connectivity index (χ3n) is 2.95. The van der Waals surface area contributed by atoms with Gasteiger partial charge in [-0.05, 0) is 25.1 Å². The highest BCUT2D eigenvalue weighted by Gasteiger charge is 2.34. The molecule has 0 spiro atoms. The molecule has 0 aliphatic heterocycles. The zero-order valence-corrected chi connectivity index (χ0v) is 12.1. The van der Waals surface area contributed by atoms with Gasteiger partial charge in [-0.2, -0.15) is 18.3 Å². The number of hydrogen-bond donors (Lipinski definition) is 1. The fourth-order valence-corrected chi connectivity index (χ4v) is 2.11. The Kier molecular flexibility index (Phi) is 4.04. The lowest BCUT2D eigenvalue weighted by atomic mass is 10.1. The lowest BCUT2D eigenvalue weighted by Crippen LogP contribution is -2.09. The zero-order chi connectivity index (χ0) is 15.8. The highest BCUT2D eigenvalue weighted by Crippen LogP contribution is 2.38. The minimum absolute atomic E-state index is 0.0188. The van der Waals surface area contributed by atoms with Crippen molar-refractivity contribution in [2.24, 2.45) is 7.05 Å². The van der Waals surface area contributed by atoms with E-state index in [1.807, 2.05) is 0 Å². The summed E-state index contributed by atoms with van der Waals surface area (Å²) in [4.78, 5) is 0. The van der Waals surface area contributed by atoms with Crippen LogP contribution in [0.2, 0.25) is 5.15 Å². The number of anilines is 1. The lowest BCUT2D eigenvalue weighted by Gasteiger charge is -2.14. The van der Waals surface area contributed by atoms with Gasteiger partial charge in [0.05, 0.1) is 11.3 Å². The molecule has 0 unspecified atom stereocenters. The van der Waals surface area contributed by atoms with Crippen LogP contribution in [0.5, 0.6) is 5.75 Å². The van der Waals surface area contributed by atoms with E-state index in [9.17, 15) is 13.2 Å². The molecular weight excluding hydrogens is 307 g/mol. The molecule has 0 saturated heterocycles. The fourth-order valence-electron chi connectivity index (χ4n) is 1.88. The lowest BCUT2D eigenvalue weighted by molar-refractivity contribution is -0.139. The number of hydrogen-bond acceptors (Lipinski definition) is 3. The van der Waals surface area contributed by atoms with Crippen LogP contribution in [0.1, 0.15) is 16.8 Å². The summed E-state index contributed by atoms with van der Waals surface area (Å²) in [6, 6.07) is 3.38. The van der Waals surface area contributed by atoms with Crippen molar-refractivity contribution in [3.8, 4) is 5.75 Å². The summed E-state index contributed by atoms with van der Waals surface area (Å²) in [5, 5.41) is 4.40. The number of nitrogens with two attached hydrogens (primary N) is 1. The smallest absolute Gasteiger partial charge is 0.420 e. The van der Waals surface area contributed by atoms with Gasteiger partial charge in [-0.25, -0.2) is 0 Å². The molecular formula is C13H13ClF3N3O. The Hall–Kier alpha value is -1.89. The van der Waals surface area contributed by atoms with Crippen molar-refractivity contribution in [2.75, 3.05) is 5.73 Å². The van der Waals surface area contributed by atoms with Crippen LogP contribution in [-0.4, -0.2) is 9.78 Å². The summed E-state index contributed by atoms with van der Waals surface area (Å²) in [7, 11) is 1.64. The molecule has 114 valence electrons. The Balaban J connectivity index is 2.28. The van der Waals surface area contributed by atoms with Gasteiger partial charge in [0.15, 0.2) is 0 Å². The quantitative estimate of drug-likeness (QED) is 0.880. The molecule has 4 nitrogen and oxygen atoms in total. The Bertz CT molecular complexity index is 667. The van der Waals surface area contributed by atoms with E-state index in [0.717, 1.165) is 6.07 Å². The third-order valence-corrected chi connectivity index (χ3v) is 3.42. The van der Waals surface area contributed by atoms with Gasteiger partial charge in [0, 0.05) is 18.3 Å². The van der Waals surface area contributed by atoms with Gasteiger partial charge in [0.1, 0.15) is 17.5 Å². The van der Waals surface area contributed by atoms with Crippen LogP contribution in [0.15, 0.2) is 18.2 Å². The number of nitrogen functional groups attached to an aromatic ring is 1. The maximum absolute atomic E-state index is 12.9. The number of benzene rings is 1. The summed E-state index contributed by atoms with van der Waals surface area (Å²) in [5.74, 6) is -0.295. The first-order chi connectivity index (χ1) is 9.70. The average molecular weight is 320 g/mol. The van der Waals surface area contributed by atoms with Crippen LogP contribution >= 0.6 is 11.6 Å². The van der Waals surface area contributed by atoms with E-state index in [0.29, 0.717) is 16.4 Å². The second-order valence-electron chi connectivity index (χ2n) is 4.52. The molecule has 21 heavy (non-hydrogen) atoms. The number of rotatable bonds is 3. The highest BCUT2D eigenvalue weighted by molar-refractivity contribution is 6.30. The molecule has 2 rings (SSSR count). The van der Waals surface area contributed by atoms with Gasteiger partial charge in [0.25, 0.3) is 0 Å². The van der Waals surface area contributed by atoms with Gasteiger partial charge in [-0.1, -0.05) is 11.6 Å². The normalized spacial score (nSPS) is 11.7. The van der Waals surface area contributed by atoms with E-state index in [1.165, 1.54) is 16.8 Å². The van der Waals surface area contributed by atoms with Crippen molar-refractivity contribution in [2.45, 2.75) is 19.7 Å². The standard InChI is InChI=1S/C13H13ClF3N3O/c1-7-9(12(14)20(2)19-7)6-21-11-4-3-8(18)5-10(11)13(15,16)17/h3-5H,6,18H2,1-2H3. The first-order valence-electron chi connectivity index (χ1n) is 5.97. The topological polar surface area (TPSA) is 53.1 Å². The maximum Gasteiger partial charge on any atom is 0.420 e. The van der Waals surface area contributed by atoms with E-state index in [1.54, 1.807) is 14.0 Å². The summed E-state index contributed by atoms with van der Waals surface area (Å²) in [6.07, 6.45) is -4.54. The predicted octanol–water partition coefficient (Wildman–Crippen LogP) is 3.56. The first-order valence-corrected chi connectivity index (χ1v) is 6.35. The van der Waals surface area contributed by atoms with Crippen molar-refractivity contribution in [1.29, 1.82) is 0 Å². The van der Waals surface area contributed by atoms with Crippen LogP contribution < -0.4 is 10.5 Å². The first kappa shape index (κ1) is 15.5. The van der Waals surface area contributed by atoms with E-state index in [-0.39, 0.29) is 18.0 Å². The number of halogens is 4. The van der Waals surface area contributed by atoms with Crippen molar-refractivity contribution in [3.63, 3.8) is 0 Å². The van der Waals surface area contributed by atoms with Gasteiger partial charge in [-0.15, -0.1) is 0 Å². The van der Waals surface area contributed by atoms with Gasteiger partial charge in [0.2, 0.25) is 0 Å². The predicted molar refractivity (Wildman–Crippen MR) is 73.1 cm³/mol. The van der Waals surface area contributed by atoms with Crippen LogP contribution in [0.3, 0.4) is 0 Å². The van der Waals surface area contributed by atoms with Crippen LogP contribution in [0, 0.1) is 6.92 Å². The molecule has 8 heteroatoms. The van der Waals surface area contributed by atoms with E-state index in [4.69, 9.17) is 22.1 Å². The van der Waals surface area contributed by atoms with E-state index in [2.05, 4.69) is 5.10 Å². The average Bonchev–Trinajstić information content (AvgIpc) is 2.61. The Morgan fingerprint density at radius 3 is 2.57 bits per heavy atom. The Morgan fingerprint density at radius 1 is 1.38 bits per heavy atom. The fraction of sp³-hybridized carbons (Fsp3) is 0.308. The second kappa shape index (κ2) is 5.48. The Morgan fingerprint density at radius 2 is 2.05 bits per heavy atom. The molecule has 2 aromatic rings. The highest BCUT2D eigenvalue weighted by atomic mass is 35.5. The minimum atomic E-state index is -4.54. The molecule has 0 saturated carbocycles. The monoisotopic (exact) mass is 319 g/mol. The molecule has 1 aromatic heterocycles. The molecule has 2 N–H and O–H groups in total. The molecule has 0 bridgehead atoms. The summed E-state index contributed by atoms with van der Waals surface area (Å²) < 4.78 is 45.5. The molecule has 1 heterocycles. The molecule has 0 aliphatic carbocycles. The number of ether oxygens (including phenoxy) is 1. The molecule has 0 radical (unpaired) electrons. The van der Waals surface area contributed by atoms with Gasteiger partial charge >= 0.3 is 6.18 Å². The number of aromatic nitrogens is 2. The van der Waals surface area contributed by atoms with Crippen molar-refractivity contribution in [1.82, 2.24) is 9.78 Å². The molecule has 0 atom stereocenters. The number of alkyl halides is 3. The molecule has 1 aromatic carbocycles. The SMILES string of the molecule is Cc1nn(C)c(Cl)c1COc1ccc(N)cc1C(F)(F)F. The molecule has 0 aliphatic rings. The van der Waals surface area contributed by atoms with Gasteiger partial charge < -0.3 is 10.5 Å². The van der Waals surface area contributed by atoms with Crippen LogP contribution in [0.4, 0.5) is 18.9 Å². The minimum Gasteiger partial charge on any atom is -0.488 e. The van der Waals surface area contributed by atoms with Crippen LogP contribution in [-0.2, 0) is 19.8 Å². The third kappa shape index (κ3) is 3.24. The summed E-state index contributed by atoms with van der Waals surface area (Å²) in [5.41, 5.74) is 5.64. The molecule has 0 fully saturated rings. The largest absolute Gasteiger partial charge is 0.488 e. The van der Waals surface area contributed by atoms with Crippen molar-refractivity contribution in [3.05, 3.63) is 40.2 Å². The van der Waals surface area contributed by atoms with E-state index >= 15 is 0 Å². The maximum atomic E-state index is 12.9. The molecule has 0 amide bonds. The number of nitrogens with zero attached hydrogens (tertiary/aromatic N) is 2. The van der Waals surface area contributed by atoms with Crippen LogP contribution in [0.25, 0.3) is 0 Å². The number of aryl methyl sites for hydroxylation is 2. The van der Waals surface area contributed by atoms with Gasteiger partial charge in [-0.3, -0.25) is 4.68 Å². The zero-order valence-electron chi connectivity index (χ0n) is 11.3. The van der Waals surface area contributed by atoms with E-state index < -0.39 is 11.7 Å².